The van der Waals surface area contributed by atoms with E-state index in [0.717, 1.165) is 6.42 Å². The Morgan fingerprint density at radius 1 is 1.10 bits per heavy atom. The Morgan fingerprint density at radius 3 is 2.29 bits per heavy atom. The zero-order chi connectivity index (χ0) is 15.1. The number of hydroxylamine groups is 1. The Labute approximate surface area is 129 Å². The van der Waals surface area contributed by atoms with Crippen molar-refractivity contribution in [3.05, 3.63) is 71.8 Å². The van der Waals surface area contributed by atoms with Gasteiger partial charge in [0.05, 0.1) is 0 Å². The second-order valence-corrected chi connectivity index (χ2v) is 5.21. The maximum absolute atomic E-state index is 11.8. The van der Waals surface area contributed by atoms with Crippen molar-refractivity contribution in [2.45, 2.75) is 13.3 Å². The lowest BCUT2D eigenvalue weighted by Crippen LogP contribution is -2.29. The largest absolute Gasteiger partial charge is 0.372 e. The van der Waals surface area contributed by atoms with Crippen LogP contribution in [0.4, 0.5) is 0 Å². The molecule has 108 valence electrons. The second-order valence-electron chi connectivity index (χ2n) is 4.81. The van der Waals surface area contributed by atoms with E-state index < -0.39 is 0 Å². The molecule has 4 heteroatoms. The van der Waals surface area contributed by atoms with Crippen molar-refractivity contribution in [2.75, 3.05) is 0 Å². The van der Waals surface area contributed by atoms with Crippen molar-refractivity contribution in [3.63, 3.8) is 0 Å². The Bertz CT molecular complexity index is 599. The average molecular weight is 299 g/mol. The maximum atomic E-state index is 11.8. The van der Waals surface area contributed by atoms with E-state index in [9.17, 15) is 4.79 Å². The monoisotopic (exact) mass is 299 g/mol. The lowest BCUT2D eigenvalue weighted by Gasteiger charge is -2.14. The molecular formula is C17H17NO2S. The van der Waals surface area contributed by atoms with E-state index in [1.807, 2.05) is 43.3 Å². The zero-order valence-electron chi connectivity index (χ0n) is 11.8. The Hall–Kier alpha value is -2.20. The summed E-state index contributed by atoms with van der Waals surface area (Å²) in [7, 11) is 0. The molecule has 0 aliphatic rings. The summed E-state index contributed by atoms with van der Waals surface area (Å²) < 4.78 is 0. The standard InChI is InChI=1S/C17H17NO2S/c1-13(12-14-8-4-2-5-9-14)17(21)20-18-16(19)15-10-6-3-7-11-15/h2-11,13H,12H2,1H3,(H,18,19)/t13-/m1/s1. The molecule has 3 nitrogen and oxygen atoms in total. The first-order valence-corrected chi connectivity index (χ1v) is 7.17. The number of amides is 1. The number of carbonyl (C=O) groups excluding carboxylic acids is 1. The molecule has 0 spiro atoms. The number of carbonyl (C=O) groups is 1. The van der Waals surface area contributed by atoms with Gasteiger partial charge in [-0.05, 0) is 36.3 Å². The maximum Gasteiger partial charge on any atom is 0.283 e. The van der Waals surface area contributed by atoms with Gasteiger partial charge in [0.25, 0.3) is 5.91 Å². The van der Waals surface area contributed by atoms with Crippen LogP contribution in [0.3, 0.4) is 0 Å². The minimum atomic E-state index is -0.301. The molecule has 1 amide bonds. The summed E-state index contributed by atoms with van der Waals surface area (Å²) in [5.41, 5.74) is 4.11. The normalized spacial score (nSPS) is 11.5. The molecule has 21 heavy (non-hydrogen) atoms. The second kappa shape index (κ2) is 7.55. The van der Waals surface area contributed by atoms with E-state index >= 15 is 0 Å². The fourth-order valence-electron chi connectivity index (χ4n) is 1.90. The van der Waals surface area contributed by atoms with Gasteiger partial charge in [0.1, 0.15) is 0 Å². The van der Waals surface area contributed by atoms with Crippen LogP contribution in [0.25, 0.3) is 0 Å². The van der Waals surface area contributed by atoms with Gasteiger partial charge in [-0.25, -0.2) is 0 Å². The molecule has 0 saturated carbocycles. The molecule has 0 saturated heterocycles. The topological polar surface area (TPSA) is 38.3 Å². The van der Waals surface area contributed by atoms with Gasteiger partial charge in [-0.1, -0.05) is 55.5 Å². The first-order valence-electron chi connectivity index (χ1n) is 6.77. The van der Waals surface area contributed by atoms with Crippen LogP contribution < -0.4 is 5.48 Å². The van der Waals surface area contributed by atoms with Crippen LogP contribution in [0, 0.1) is 5.92 Å². The summed E-state index contributed by atoms with van der Waals surface area (Å²) in [5, 5.41) is 0.378. The Kier molecular flexibility index (Phi) is 5.46. The van der Waals surface area contributed by atoms with Crippen LogP contribution in [-0.4, -0.2) is 11.0 Å². The summed E-state index contributed by atoms with van der Waals surface area (Å²) in [6.45, 7) is 1.98. The minimum Gasteiger partial charge on any atom is -0.372 e. The van der Waals surface area contributed by atoms with Gasteiger partial charge in [0, 0.05) is 11.5 Å². The molecule has 0 fully saturated rings. The zero-order valence-corrected chi connectivity index (χ0v) is 12.6. The van der Waals surface area contributed by atoms with Crippen molar-refractivity contribution in [1.29, 1.82) is 0 Å². The van der Waals surface area contributed by atoms with Gasteiger partial charge >= 0.3 is 0 Å². The lowest BCUT2D eigenvalue weighted by atomic mass is 10.0. The van der Waals surface area contributed by atoms with Crippen LogP contribution in [0.5, 0.6) is 0 Å². The third kappa shape index (κ3) is 4.68. The molecule has 2 aromatic carbocycles. The third-order valence-corrected chi connectivity index (χ3v) is 3.55. The summed E-state index contributed by atoms with van der Waals surface area (Å²) >= 11 is 5.21. The van der Waals surface area contributed by atoms with E-state index in [1.54, 1.807) is 24.3 Å². The molecule has 1 N–H and O–H groups in total. The third-order valence-electron chi connectivity index (χ3n) is 3.07. The predicted molar refractivity (Wildman–Crippen MR) is 86.9 cm³/mol. The molecule has 0 unspecified atom stereocenters. The Balaban J connectivity index is 1.83. The smallest absolute Gasteiger partial charge is 0.283 e. The van der Waals surface area contributed by atoms with Crippen LogP contribution in [-0.2, 0) is 11.3 Å². The summed E-state index contributed by atoms with van der Waals surface area (Å²) in [5.74, 6) is -0.261. The van der Waals surface area contributed by atoms with Crippen molar-refractivity contribution in [2.24, 2.45) is 5.92 Å². The highest BCUT2D eigenvalue weighted by atomic mass is 32.1. The number of hydrogen-bond donors (Lipinski definition) is 1. The first kappa shape index (κ1) is 15.2. The number of benzene rings is 2. The molecule has 0 aliphatic carbocycles. The van der Waals surface area contributed by atoms with Gasteiger partial charge in [-0.2, -0.15) is 5.48 Å². The number of nitrogens with one attached hydrogen (secondary N) is 1. The molecule has 0 heterocycles. The van der Waals surface area contributed by atoms with Gasteiger partial charge in [-0.3, -0.25) is 4.79 Å². The quantitative estimate of drug-likeness (QED) is 0.693. The van der Waals surface area contributed by atoms with E-state index in [-0.39, 0.29) is 11.8 Å². The van der Waals surface area contributed by atoms with Crippen molar-refractivity contribution in [1.82, 2.24) is 5.48 Å². The van der Waals surface area contributed by atoms with Crippen LogP contribution in [0.15, 0.2) is 60.7 Å². The summed E-state index contributed by atoms with van der Waals surface area (Å²) in [4.78, 5) is 17.1. The number of hydrogen-bond acceptors (Lipinski definition) is 3. The van der Waals surface area contributed by atoms with Gasteiger partial charge in [0.2, 0.25) is 0 Å². The molecule has 0 radical (unpaired) electrons. The SMILES string of the molecule is C[C@H](Cc1ccccc1)C(=S)ONC(=O)c1ccccc1. The first-order chi connectivity index (χ1) is 10.2. The Morgan fingerprint density at radius 2 is 1.67 bits per heavy atom. The van der Waals surface area contributed by atoms with Gasteiger partial charge in [-0.15, -0.1) is 0 Å². The van der Waals surface area contributed by atoms with Gasteiger partial charge in [0.15, 0.2) is 5.05 Å². The van der Waals surface area contributed by atoms with E-state index in [0.29, 0.717) is 10.6 Å². The summed E-state index contributed by atoms with van der Waals surface area (Å²) in [6.07, 6.45) is 0.779. The van der Waals surface area contributed by atoms with Crippen molar-refractivity contribution in [3.8, 4) is 0 Å². The highest BCUT2D eigenvalue weighted by Crippen LogP contribution is 2.10. The lowest BCUT2D eigenvalue weighted by molar-refractivity contribution is 0.0730. The van der Waals surface area contributed by atoms with Crippen LogP contribution in [0.2, 0.25) is 0 Å². The van der Waals surface area contributed by atoms with Gasteiger partial charge < -0.3 is 4.84 Å². The van der Waals surface area contributed by atoms with E-state index in [4.69, 9.17) is 17.1 Å². The molecule has 0 aromatic heterocycles. The number of thiocarbonyl (C=S) groups is 1. The molecule has 1 atom stereocenters. The number of rotatable bonds is 4. The van der Waals surface area contributed by atoms with E-state index in [2.05, 4.69) is 5.48 Å². The summed E-state index contributed by atoms with van der Waals surface area (Å²) in [6, 6.07) is 18.9. The molecule has 2 aromatic rings. The fourth-order valence-corrected chi connectivity index (χ4v) is 2.02. The fraction of sp³-hybridized carbons (Fsp3) is 0.176. The molecule has 2 rings (SSSR count). The van der Waals surface area contributed by atoms with E-state index in [1.165, 1.54) is 5.56 Å². The van der Waals surface area contributed by atoms with Crippen molar-refractivity contribution < 1.29 is 9.63 Å². The molecule has 0 aliphatic heterocycles. The highest BCUT2D eigenvalue weighted by molar-refractivity contribution is 7.80. The highest BCUT2D eigenvalue weighted by Gasteiger charge is 2.13. The molecule has 0 bridgehead atoms. The van der Waals surface area contributed by atoms with Crippen LogP contribution >= 0.6 is 12.2 Å². The average Bonchev–Trinajstić information content (AvgIpc) is 2.54. The minimum absolute atomic E-state index is 0.0403. The molecular weight excluding hydrogens is 282 g/mol. The predicted octanol–water partition coefficient (Wildman–Crippen LogP) is 3.55. The van der Waals surface area contributed by atoms with Crippen molar-refractivity contribution >= 4 is 23.2 Å². The van der Waals surface area contributed by atoms with Crippen LogP contribution in [0.1, 0.15) is 22.8 Å².